The number of anilines is 1. The van der Waals surface area contributed by atoms with Crippen molar-refractivity contribution in [3.8, 4) is 0 Å². The minimum absolute atomic E-state index is 0.0624. The molecule has 1 atom stereocenters. The topological polar surface area (TPSA) is 41.1 Å². The molecule has 0 saturated carbocycles. The Labute approximate surface area is 131 Å². The van der Waals surface area contributed by atoms with Crippen LogP contribution < -0.4 is 10.6 Å². The van der Waals surface area contributed by atoms with Crippen molar-refractivity contribution < 1.29 is 4.79 Å². The summed E-state index contributed by atoms with van der Waals surface area (Å²) >= 11 is 10.3. The Bertz CT molecular complexity index is 436. The Morgan fingerprint density at radius 2 is 2.00 bits per heavy atom. The molecule has 1 fully saturated rings. The maximum atomic E-state index is 12.0. The lowest BCUT2D eigenvalue weighted by Crippen LogP contribution is -2.18. The van der Waals surface area contributed by atoms with Gasteiger partial charge >= 0.3 is 0 Å². The lowest BCUT2D eigenvalue weighted by Gasteiger charge is -2.12. The van der Waals surface area contributed by atoms with Gasteiger partial charge in [0.2, 0.25) is 5.91 Å². The number of benzene rings is 1. The number of hydrogen-bond acceptors (Lipinski definition) is 2. The van der Waals surface area contributed by atoms with Gasteiger partial charge in [0.1, 0.15) is 0 Å². The summed E-state index contributed by atoms with van der Waals surface area (Å²) in [6.45, 7) is 1.96. The normalized spacial score (nSPS) is 18.9. The molecular formula is C12H13Br3N2O. The predicted octanol–water partition coefficient (Wildman–Crippen LogP) is 3.91. The zero-order chi connectivity index (χ0) is 13.1. The molecule has 1 aliphatic heterocycles. The fourth-order valence-electron chi connectivity index (χ4n) is 2.00. The average molecular weight is 441 g/mol. The summed E-state index contributed by atoms with van der Waals surface area (Å²) in [6, 6.07) is 3.83. The van der Waals surface area contributed by atoms with Gasteiger partial charge in [0.25, 0.3) is 0 Å². The fraction of sp³-hybridized carbons (Fsp3) is 0.417. The first-order valence-corrected chi connectivity index (χ1v) is 8.09. The van der Waals surface area contributed by atoms with Crippen molar-refractivity contribution in [2.24, 2.45) is 5.92 Å². The molecule has 1 heterocycles. The third-order valence-electron chi connectivity index (χ3n) is 2.91. The van der Waals surface area contributed by atoms with E-state index in [1.165, 1.54) is 0 Å². The summed E-state index contributed by atoms with van der Waals surface area (Å²) in [6.07, 6.45) is 1.65. The van der Waals surface area contributed by atoms with Crippen LogP contribution in [0.15, 0.2) is 25.6 Å². The molecule has 1 unspecified atom stereocenters. The van der Waals surface area contributed by atoms with Crippen LogP contribution in [0.2, 0.25) is 0 Å². The van der Waals surface area contributed by atoms with E-state index in [9.17, 15) is 4.79 Å². The largest absolute Gasteiger partial charge is 0.324 e. The van der Waals surface area contributed by atoms with Crippen molar-refractivity contribution in [1.82, 2.24) is 5.32 Å². The van der Waals surface area contributed by atoms with Gasteiger partial charge in [0, 0.05) is 19.8 Å². The second kappa shape index (κ2) is 6.50. The van der Waals surface area contributed by atoms with Crippen molar-refractivity contribution in [1.29, 1.82) is 0 Å². The quantitative estimate of drug-likeness (QED) is 0.748. The van der Waals surface area contributed by atoms with Crippen LogP contribution in [0.25, 0.3) is 0 Å². The minimum Gasteiger partial charge on any atom is -0.324 e. The predicted molar refractivity (Wildman–Crippen MR) is 83.8 cm³/mol. The van der Waals surface area contributed by atoms with E-state index in [0.717, 1.165) is 38.6 Å². The number of amides is 1. The maximum absolute atomic E-state index is 12.0. The summed E-state index contributed by atoms with van der Waals surface area (Å²) in [5.41, 5.74) is 0.786. The Morgan fingerprint density at radius 1 is 1.33 bits per heavy atom. The molecule has 18 heavy (non-hydrogen) atoms. The second-order valence-electron chi connectivity index (χ2n) is 4.36. The summed E-state index contributed by atoms with van der Waals surface area (Å²) in [5.74, 6) is 0.519. The van der Waals surface area contributed by atoms with E-state index in [0.29, 0.717) is 12.3 Å². The standard InChI is InChI=1S/C12H13Br3N2O/c13-8-4-9(14)12(10(15)5-8)17-11(18)3-7-1-2-16-6-7/h4-5,7,16H,1-3,6H2,(H,17,18). The highest BCUT2D eigenvalue weighted by atomic mass is 79.9. The van der Waals surface area contributed by atoms with E-state index in [1.807, 2.05) is 12.1 Å². The molecule has 98 valence electrons. The van der Waals surface area contributed by atoms with E-state index >= 15 is 0 Å². The maximum Gasteiger partial charge on any atom is 0.224 e. The SMILES string of the molecule is O=C(CC1CCNC1)Nc1c(Br)cc(Br)cc1Br. The van der Waals surface area contributed by atoms with E-state index in [2.05, 4.69) is 58.4 Å². The molecule has 1 amide bonds. The lowest BCUT2D eigenvalue weighted by atomic mass is 10.0. The first-order valence-electron chi connectivity index (χ1n) is 5.71. The lowest BCUT2D eigenvalue weighted by molar-refractivity contribution is -0.116. The van der Waals surface area contributed by atoms with Crippen LogP contribution in [0.1, 0.15) is 12.8 Å². The van der Waals surface area contributed by atoms with Gasteiger partial charge in [-0.05, 0) is 69.4 Å². The third kappa shape index (κ3) is 3.79. The van der Waals surface area contributed by atoms with Crippen molar-refractivity contribution in [2.45, 2.75) is 12.8 Å². The Hall–Kier alpha value is 0.0900. The fourth-order valence-corrected chi connectivity index (χ4v) is 4.46. The van der Waals surface area contributed by atoms with Gasteiger partial charge in [0.15, 0.2) is 0 Å². The number of carbonyl (C=O) groups is 1. The monoisotopic (exact) mass is 438 g/mol. The summed E-state index contributed by atoms with van der Waals surface area (Å²) < 4.78 is 2.68. The van der Waals surface area contributed by atoms with Crippen LogP contribution in [0.4, 0.5) is 5.69 Å². The van der Waals surface area contributed by atoms with Crippen molar-refractivity contribution in [3.05, 3.63) is 25.6 Å². The minimum atomic E-state index is 0.0624. The van der Waals surface area contributed by atoms with Crippen LogP contribution in [-0.2, 0) is 4.79 Å². The van der Waals surface area contributed by atoms with Crippen LogP contribution in [0.3, 0.4) is 0 Å². The van der Waals surface area contributed by atoms with Gasteiger partial charge in [-0.3, -0.25) is 4.79 Å². The average Bonchev–Trinajstić information content (AvgIpc) is 2.76. The molecule has 1 aromatic rings. The number of halogens is 3. The molecule has 0 radical (unpaired) electrons. The van der Waals surface area contributed by atoms with Gasteiger partial charge in [0.05, 0.1) is 5.69 Å². The smallest absolute Gasteiger partial charge is 0.224 e. The third-order valence-corrected chi connectivity index (χ3v) is 4.62. The highest BCUT2D eigenvalue weighted by Gasteiger charge is 2.19. The second-order valence-corrected chi connectivity index (χ2v) is 6.98. The first-order chi connectivity index (χ1) is 8.56. The van der Waals surface area contributed by atoms with Crippen LogP contribution in [0.5, 0.6) is 0 Å². The summed E-state index contributed by atoms with van der Waals surface area (Å²) in [4.78, 5) is 12.0. The van der Waals surface area contributed by atoms with Crippen molar-refractivity contribution in [2.75, 3.05) is 18.4 Å². The molecule has 0 bridgehead atoms. The molecule has 0 aliphatic carbocycles. The molecule has 1 aliphatic rings. The zero-order valence-electron chi connectivity index (χ0n) is 9.60. The Kier molecular flexibility index (Phi) is 5.24. The van der Waals surface area contributed by atoms with E-state index in [-0.39, 0.29) is 5.91 Å². The number of nitrogens with one attached hydrogen (secondary N) is 2. The first kappa shape index (κ1) is 14.5. The number of rotatable bonds is 3. The highest BCUT2D eigenvalue weighted by molar-refractivity contribution is 9.11. The molecule has 1 aromatic carbocycles. The zero-order valence-corrected chi connectivity index (χ0v) is 14.4. The molecule has 2 N–H and O–H groups in total. The molecule has 3 nitrogen and oxygen atoms in total. The Morgan fingerprint density at radius 3 is 2.56 bits per heavy atom. The van der Waals surface area contributed by atoms with Crippen molar-refractivity contribution >= 4 is 59.4 Å². The van der Waals surface area contributed by atoms with E-state index in [1.54, 1.807) is 0 Å². The molecule has 0 aromatic heterocycles. The van der Waals surface area contributed by atoms with E-state index in [4.69, 9.17) is 0 Å². The van der Waals surface area contributed by atoms with Crippen LogP contribution in [-0.4, -0.2) is 19.0 Å². The highest BCUT2D eigenvalue weighted by Crippen LogP contribution is 2.34. The van der Waals surface area contributed by atoms with Crippen molar-refractivity contribution in [3.63, 3.8) is 0 Å². The molecule has 0 spiro atoms. The summed E-state index contributed by atoms with van der Waals surface area (Å²) in [5, 5.41) is 6.22. The number of hydrogen-bond donors (Lipinski definition) is 2. The van der Waals surface area contributed by atoms with Gasteiger partial charge < -0.3 is 10.6 Å². The van der Waals surface area contributed by atoms with E-state index < -0.39 is 0 Å². The molecule has 6 heteroatoms. The molecule has 2 rings (SSSR count). The van der Waals surface area contributed by atoms with Gasteiger partial charge in [-0.2, -0.15) is 0 Å². The Balaban J connectivity index is 2.02. The van der Waals surface area contributed by atoms with Gasteiger partial charge in [-0.15, -0.1) is 0 Å². The molecule has 1 saturated heterocycles. The van der Waals surface area contributed by atoms with Gasteiger partial charge in [-0.1, -0.05) is 15.9 Å². The molecular weight excluding hydrogens is 428 g/mol. The van der Waals surface area contributed by atoms with Gasteiger partial charge in [-0.25, -0.2) is 0 Å². The summed E-state index contributed by atoms with van der Waals surface area (Å²) in [7, 11) is 0. The number of carbonyl (C=O) groups excluding carboxylic acids is 1. The van der Waals surface area contributed by atoms with Crippen LogP contribution in [0, 0.1) is 5.92 Å². The van der Waals surface area contributed by atoms with Crippen LogP contribution >= 0.6 is 47.8 Å².